The zero-order valence-corrected chi connectivity index (χ0v) is 7.51. The van der Waals surface area contributed by atoms with Gasteiger partial charge in [-0.15, -0.1) is 0 Å². The first-order chi connectivity index (χ1) is 5.11. The van der Waals surface area contributed by atoms with E-state index in [1.165, 1.54) is 6.42 Å². The van der Waals surface area contributed by atoms with Crippen molar-refractivity contribution in [1.29, 1.82) is 0 Å². The van der Waals surface area contributed by atoms with Gasteiger partial charge >= 0.3 is 0 Å². The van der Waals surface area contributed by atoms with Gasteiger partial charge in [-0.3, -0.25) is 0 Å². The fourth-order valence-electron chi connectivity index (χ4n) is 1.71. The number of hydrogen-bond donors (Lipinski definition) is 1. The average Bonchev–Trinajstić information content (AvgIpc) is 1.94. The van der Waals surface area contributed by atoms with E-state index in [9.17, 15) is 5.11 Å². The molecule has 1 nitrogen and oxygen atoms in total. The Hall–Kier alpha value is -0.300. The number of aliphatic hydroxyl groups is 1. The van der Waals surface area contributed by atoms with Gasteiger partial charge in [-0.2, -0.15) is 0 Å². The lowest BCUT2D eigenvalue weighted by molar-refractivity contribution is 0.130. The van der Waals surface area contributed by atoms with Crippen LogP contribution in [-0.2, 0) is 0 Å². The van der Waals surface area contributed by atoms with E-state index in [0.717, 1.165) is 18.4 Å². The molecule has 1 N–H and O–H groups in total. The Balaban J connectivity index is 2.46. The van der Waals surface area contributed by atoms with Crippen molar-refractivity contribution in [1.82, 2.24) is 0 Å². The van der Waals surface area contributed by atoms with Crippen molar-refractivity contribution in [2.24, 2.45) is 11.8 Å². The van der Waals surface area contributed by atoms with Gasteiger partial charge in [0.25, 0.3) is 0 Å². The fraction of sp³-hybridized carbons (Fsp3) is 0.800. The minimum Gasteiger partial charge on any atom is -0.389 e. The molecular formula is C10H18O. The Morgan fingerprint density at radius 2 is 2.18 bits per heavy atom. The smallest absolute Gasteiger partial charge is 0.0750 e. The van der Waals surface area contributed by atoms with Crippen LogP contribution < -0.4 is 0 Å². The first-order valence-electron chi connectivity index (χ1n) is 4.47. The Labute approximate surface area is 69.1 Å². The summed E-state index contributed by atoms with van der Waals surface area (Å²) < 4.78 is 0. The lowest BCUT2D eigenvalue weighted by Crippen LogP contribution is -2.24. The summed E-state index contributed by atoms with van der Waals surface area (Å²) >= 11 is 0. The second-order valence-corrected chi connectivity index (χ2v) is 3.95. The highest BCUT2D eigenvalue weighted by atomic mass is 16.3. The van der Waals surface area contributed by atoms with Crippen molar-refractivity contribution in [3.8, 4) is 0 Å². The molecule has 0 radical (unpaired) electrons. The van der Waals surface area contributed by atoms with E-state index in [-0.39, 0.29) is 6.10 Å². The third-order valence-corrected chi connectivity index (χ3v) is 2.78. The van der Waals surface area contributed by atoms with Crippen LogP contribution >= 0.6 is 0 Å². The minimum absolute atomic E-state index is 0.226. The van der Waals surface area contributed by atoms with Crippen molar-refractivity contribution in [2.75, 3.05) is 0 Å². The van der Waals surface area contributed by atoms with Gasteiger partial charge in [0.2, 0.25) is 0 Å². The van der Waals surface area contributed by atoms with Gasteiger partial charge in [-0.1, -0.05) is 20.4 Å². The Morgan fingerprint density at radius 1 is 1.55 bits per heavy atom. The quantitative estimate of drug-likeness (QED) is 0.575. The van der Waals surface area contributed by atoms with Crippen molar-refractivity contribution >= 4 is 0 Å². The normalized spacial score (nSPS) is 32.9. The average molecular weight is 154 g/mol. The van der Waals surface area contributed by atoms with E-state index < -0.39 is 0 Å². The fourth-order valence-corrected chi connectivity index (χ4v) is 1.71. The van der Waals surface area contributed by atoms with E-state index in [2.05, 4.69) is 20.4 Å². The molecule has 0 amide bonds. The topological polar surface area (TPSA) is 20.2 Å². The molecule has 1 unspecified atom stereocenters. The molecule has 2 atom stereocenters. The number of aliphatic hydroxyl groups excluding tert-OH is 1. The summed E-state index contributed by atoms with van der Waals surface area (Å²) in [6.07, 6.45) is 2.93. The molecule has 0 bridgehead atoms. The van der Waals surface area contributed by atoms with Gasteiger partial charge in [0.1, 0.15) is 0 Å². The lowest BCUT2D eigenvalue weighted by atomic mass is 9.78. The standard InChI is InChI=1S/C10H18O/c1-7(2)9-5-4-8(3)10(11)6-9/h7,9-11H,3-6H2,1-2H3/t9-,10?/m0/s1. The third kappa shape index (κ3) is 2.06. The molecule has 0 aromatic heterocycles. The molecule has 1 aliphatic carbocycles. The highest BCUT2D eigenvalue weighted by molar-refractivity contribution is 5.05. The number of rotatable bonds is 1. The van der Waals surface area contributed by atoms with Crippen LogP contribution in [0.2, 0.25) is 0 Å². The van der Waals surface area contributed by atoms with Crippen LogP contribution in [-0.4, -0.2) is 11.2 Å². The van der Waals surface area contributed by atoms with Crippen molar-refractivity contribution in [3.05, 3.63) is 12.2 Å². The molecule has 0 aromatic carbocycles. The maximum atomic E-state index is 9.50. The van der Waals surface area contributed by atoms with E-state index in [1.54, 1.807) is 0 Å². The van der Waals surface area contributed by atoms with E-state index in [4.69, 9.17) is 0 Å². The first kappa shape index (κ1) is 8.79. The van der Waals surface area contributed by atoms with Crippen LogP contribution in [0.4, 0.5) is 0 Å². The molecule has 0 aromatic rings. The maximum absolute atomic E-state index is 9.50. The molecule has 1 aliphatic rings. The van der Waals surface area contributed by atoms with Gasteiger partial charge in [0.05, 0.1) is 6.10 Å². The molecule has 1 rings (SSSR count). The lowest BCUT2D eigenvalue weighted by Gasteiger charge is -2.30. The molecule has 0 spiro atoms. The first-order valence-corrected chi connectivity index (χ1v) is 4.47. The van der Waals surface area contributed by atoms with Crippen molar-refractivity contribution in [3.63, 3.8) is 0 Å². The van der Waals surface area contributed by atoms with Crippen LogP contribution in [0.15, 0.2) is 12.2 Å². The SMILES string of the molecule is C=C1CC[C@H](C(C)C)CC1O. The van der Waals surface area contributed by atoms with Crippen LogP contribution in [0.1, 0.15) is 33.1 Å². The van der Waals surface area contributed by atoms with E-state index in [1.807, 2.05) is 0 Å². The van der Waals surface area contributed by atoms with Gasteiger partial charge in [-0.05, 0) is 36.7 Å². The van der Waals surface area contributed by atoms with E-state index in [0.29, 0.717) is 11.8 Å². The maximum Gasteiger partial charge on any atom is 0.0750 e. The largest absolute Gasteiger partial charge is 0.389 e. The zero-order chi connectivity index (χ0) is 8.43. The predicted octanol–water partition coefficient (Wildman–Crippen LogP) is 2.36. The van der Waals surface area contributed by atoms with Gasteiger partial charge in [0.15, 0.2) is 0 Å². The van der Waals surface area contributed by atoms with Crippen LogP contribution in [0.3, 0.4) is 0 Å². The second kappa shape index (κ2) is 3.40. The molecule has 0 aliphatic heterocycles. The Morgan fingerprint density at radius 3 is 2.64 bits per heavy atom. The molecule has 1 fully saturated rings. The van der Waals surface area contributed by atoms with Crippen LogP contribution in [0, 0.1) is 11.8 Å². The van der Waals surface area contributed by atoms with Gasteiger partial charge in [-0.25, -0.2) is 0 Å². The van der Waals surface area contributed by atoms with Gasteiger partial charge < -0.3 is 5.11 Å². The summed E-state index contributed by atoms with van der Waals surface area (Å²) in [7, 11) is 0. The van der Waals surface area contributed by atoms with Crippen molar-refractivity contribution in [2.45, 2.75) is 39.2 Å². The summed E-state index contributed by atoms with van der Waals surface area (Å²) in [4.78, 5) is 0. The highest BCUT2D eigenvalue weighted by Gasteiger charge is 2.24. The summed E-state index contributed by atoms with van der Waals surface area (Å²) in [5.41, 5.74) is 1.03. The third-order valence-electron chi connectivity index (χ3n) is 2.78. The zero-order valence-electron chi connectivity index (χ0n) is 7.51. The second-order valence-electron chi connectivity index (χ2n) is 3.95. The molecule has 0 heterocycles. The van der Waals surface area contributed by atoms with Crippen LogP contribution in [0.25, 0.3) is 0 Å². The minimum atomic E-state index is -0.226. The summed E-state index contributed by atoms with van der Waals surface area (Å²) in [5.74, 6) is 1.41. The van der Waals surface area contributed by atoms with Crippen LogP contribution in [0.5, 0.6) is 0 Å². The van der Waals surface area contributed by atoms with Crippen molar-refractivity contribution < 1.29 is 5.11 Å². The monoisotopic (exact) mass is 154 g/mol. The summed E-state index contributed by atoms with van der Waals surface area (Å²) in [5, 5.41) is 9.50. The van der Waals surface area contributed by atoms with E-state index >= 15 is 0 Å². The Bertz CT molecular complexity index is 149. The predicted molar refractivity (Wildman–Crippen MR) is 47.3 cm³/mol. The van der Waals surface area contributed by atoms with Gasteiger partial charge in [0, 0.05) is 0 Å². The summed E-state index contributed by atoms with van der Waals surface area (Å²) in [6, 6.07) is 0. The number of hydrogen-bond acceptors (Lipinski definition) is 1. The molecule has 0 saturated heterocycles. The molecular weight excluding hydrogens is 136 g/mol. The summed E-state index contributed by atoms with van der Waals surface area (Å²) in [6.45, 7) is 8.29. The highest BCUT2D eigenvalue weighted by Crippen LogP contribution is 2.31. The Kier molecular flexibility index (Phi) is 2.72. The molecule has 64 valence electrons. The molecule has 11 heavy (non-hydrogen) atoms. The molecule has 1 saturated carbocycles. The molecule has 1 heteroatoms.